The molecule has 0 saturated carbocycles. The number of nitrogens with zero attached hydrogens (tertiary/aromatic N) is 1. The second-order valence-corrected chi connectivity index (χ2v) is 7.30. The zero-order chi connectivity index (χ0) is 21.3. The number of ether oxygens (including phenoxy) is 2. The van der Waals surface area contributed by atoms with Gasteiger partial charge < -0.3 is 14.8 Å². The minimum atomic E-state index is -0.519. The van der Waals surface area contributed by atoms with Crippen molar-refractivity contribution in [2.75, 3.05) is 19.0 Å². The maximum atomic E-state index is 12.2. The van der Waals surface area contributed by atoms with Gasteiger partial charge in [0, 0.05) is 10.4 Å². The van der Waals surface area contributed by atoms with Gasteiger partial charge in [0.25, 0.3) is 11.8 Å². The molecule has 3 aromatic rings. The SMILES string of the molecule is COc1ccccc1NCC(=O)NNC(=O)c1csc(COc2ccc(Cl)cc2)n1. The van der Waals surface area contributed by atoms with Crippen molar-refractivity contribution in [2.45, 2.75) is 6.61 Å². The molecule has 0 radical (unpaired) electrons. The number of benzene rings is 2. The summed E-state index contributed by atoms with van der Waals surface area (Å²) in [5, 5.41) is 5.78. The number of halogens is 1. The van der Waals surface area contributed by atoms with Crippen LogP contribution in [0.2, 0.25) is 5.02 Å². The highest BCUT2D eigenvalue weighted by Gasteiger charge is 2.12. The van der Waals surface area contributed by atoms with Gasteiger partial charge in [-0.1, -0.05) is 23.7 Å². The number of nitrogens with one attached hydrogen (secondary N) is 3. The van der Waals surface area contributed by atoms with Crippen LogP contribution in [0.25, 0.3) is 0 Å². The molecular formula is C20H19ClN4O4S. The summed E-state index contributed by atoms with van der Waals surface area (Å²) in [7, 11) is 1.55. The Hall–Kier alpha value is -3.30. The third-order valence-corrected chi connectivity index (χ3v) is 4.90. The number of methoxy groups -OCH3 is 1. The van der Waals surface area contributed by atoms with Gasteiger partial charge in [-0.05, 0) is 36.4 Å². The zero-order valence-corrected chi connectivity index (χ0v) is 17.5. The second-order valence-electron chi connectivity index (χ2n) is 5.93. The van der Waals surface area contributed by atoms with Gasteiger partial charge in [0.15, 0.2) is 0 Å². The number of amides is 2. The quantitative estimate of drug-likeness (QED) is 0.459. The summed E-state index contributed by atoms with van der Waals surface area (Å²) in [5.41, 5.74) is 5.54. The van der Waals surface area contributed by atoms with E-state index in [4.69, 9.17) is 21.1 Å². The summed E-state index contributed by atoms with van der Waals surface area (Å²) < 4.78 is 10.8. The first kappa shape index (κ1) is 21.4. The van der Waals surface area contributed by atoms with Crippen LogP contribution in [0, 0.1) is 0 Å². The molecule has 0 aliphatic rings. The second kappa shape index (κ2) is 10.5. The molecule has 0 atom stereocenters. The van der Waals surface area contributed by atoms with Crippen LogP contribution < -0.4 is 25.6 Å². The fourth-order valence-corrected chi connectivity index (χ4v) is 3.17. The molecule has 0 fully saturated rings. The number of para-hydroxylation sites is 2. The lowest BCUT2D eigenvalue weighted by atomic mass is 10.3. The lowest BCUT2D eigenvalue weighted by Gasteiger charge is -2.11. The van der Waals surface area contributed by atoms with E-state index in [0.29, 0.717) is 27.2 Å². The summed E-state index contributed by atoms with van der Waals surface area (Å²) >= 11 is 7.12. The molecule has 2 aromatic carbocycles. The average Bonchev–Trinajstić information content (AvgIpc) is 3.25. The molecule has 0 bridgehead atoms. The van der Waals surface area contributed by atoms with Crippen molar-refractivity contribution < 1.29 is 19.1 Å². The van der Waals surface area contributed by atoms with E-state index in [2.05, 4.69) is 21.2 Å². The molecule has 1 aromatic heterocycles. The van der Waals surface area contributed by atoms with E-state index in [1.807, 2.05) is 12.1 Å². The number of carbonyl (C=O) groups is 2. The van der Waals surface area contributed by atoms with E-state index in [9.17, 15) is 9.59 Å². The first-order valence-electron chi connectivity index (χ1n) is 8.84. The van der Waals surface area contributed by atoms with Crippen LogP contribution in [0.15, 0.2) is 53.9 Å². The highest BCUT2D eigenvalue weighted by molar-refractivity contribution is 7.09. The molecule has 3 rings (SSSR count). The summed E-state index contributed by atoms with van der Waals surface area (Å²) in [6, 6.07) is 14.2. The van der Waals surface area contributed by atoms with Crippen molar-refractivity contribution in [3.8, 4) is 11.5 Å². The van der Waals surface area contributed by atoms with Crippen LogP contribution in [0.1, 0.15) is 15.5 Å². The largest absolute Gasteiger partial charge is 0.495 e. The van der Waals surface area contributed by atoms with Crippen LogP contribution >= 0.6 is 22.9 Å². The Morgan fingerprint density at radius 2 is 1.87 bits per heavy atom. The molecular weight excluding hydrogens is 428 g/mol. The molecule has 30 heavy (non-hydrogen) atoms. The Kier molecular flexibility index (Phi) is 7.47. The van der Waals surface area contributed by atoms with E-state index >= 15 is 0 Å². The standard InChI is InChI=1S/C20H19ClN4O4S/c1-28-17-5-3-2-4-15(17)22-10-18(26)24-25-20(27)16-12-30-19(23-16)11-29-14-8-6-13(21)7-9-14/h2-9,12,22H,10-11H2,1H3,(H,24,26)(H,25,27). The van der Waals surface area contributed by atoms with Crippen molar-refractivity contribution in [1.29, 1.82) is 0 Å². The van der Waals surface area contributed by atoms with Gasteiger partial charge in [-0.15, -0.1) is 11.3 Å². The van der Waals surface area contributed by atoms with Crippen LogP contribution in [0.5, 0.6) is 11.5 Å². The first-order valence-corrected chi connectivity index (χ1v) is 10.1. The number of rotatable bonds is 8. The van der Waals surface area contributed by atoms with E-state index in [-0.39, 0.29) is 18.8 Å². The highest BCUT2D eigenvalue weighted by Crippen LogP contribution is 2.22. The third kappa shape index (κ3) is 6.10. The van der Waals surface area contributed by atoms with E-state index < -0.39 is 11.8 Å². The molecule has 8 nitrogen and oxygen atoms in total. The molecule has 0 aliphatic carbocycles. The topological polar surface area (TPSA) is 102 Å². The smallest absolute Gasteiger partial charge is 0.289 e. The molecule has 0 unspecified atom stereocenters. The number of hydrogen-bond donors (Lipinski definition) is 3. The molecule has 10 heteroatoms. The monoisotopic (exact) mass is 446 g/mol. The number of hydrogen-bond acceptors (Lipinski definition) is 7. The van der Waals surface area contributed by atoms with Crippen molar-refractivity contribution in [3.05, 3.63) is 69.6 Å². The number of aromatic nitrogens is 1. The van der Waals surface area contributed by atoms with Gasteiger partial charge in [-0.25, -0.2) is 4.98 Å². The summed E-state index contributed by atoms with van der Waals surface area (Å²) in [5.74, 6) is 0.325. The van der Waals surface area contributed by atoms with Crippen LogP contribution in [-0.2, 0) is 11.4 Å². The summed E-state index contributed by atoms with van der Waals surface area (Å²) in [6.07, 6.45) is 0. The maximum Gasteiger partial charge on any atom is 0.289 e. The zero-order valence-electron chi connectivity index (χ0n) is 16.0. The summed E-state index contributed by atoms with van der Waals surface area (Å²) in [6.45, 7) is 0.173. The number of hydrazine groups is 1. The predicted octanol–water partition coefficient (Wildman–Crippen LogP) is 3.26. The van der Waals surface area contributed by atoms with Gasteiger partial charge in [-0.3, -0.25) is 20.4 Å². The van der Waals surface area contributed by atoms with Crippen molar-refractivity contribution in [2.24, 2.45) is 0 Å². The minimum Gasteiger partial charge on any atom is -0.495 e. The van der Waals surface area contributed by atoms with Gasteiger partial charge in [-0.2, -0.15) is 0 Å². The van der Waals surface area contributed by atoms with Gasteiger partial charge in [0.1, 0.15) is 28.8 Å². The Balaban J connectivity index is 1.43. The Morgan fingerprint density at radius 1 is 1.10 bits per heavy atom. The maximum absolute atomic E-state index is 12.2. The Morgan fingerprint density at radius 3 is 2.63 bits per heavy atom. The number of anilines is 1. The van der Waals surface area contributed by atoms with Crippen LogP contribution in [0.4, 0.5) is 5.69 Å². The van der Waals surface area contributed by atoms with E-state index in [1.54, 1.807) is 48.9 Å². The third-order valence-electron chi connectivity index (χ3n) is 3.82. The van der Waals surface area contributed by atoms with Gasteiger partial charge >= 0.3 is 0 Å². The molecule has 1 heterocycles. The lowest BCUT2D eigenvalue weighted by Crippen LogP contribution is -2.44. The van der Waals surface area contributed by atoms with Crippen LogP contribution in [-0.4, -0.2) is 30.5 Å². The molecule has 0 aliphatic heterocycles. The fraction of sp³-hybridized carbons (Fsp3) is 0.150. The van der Waals surface area contributed by atoms with Crippen molar-refractivity contribution in [3.63, 3.8) is 0 Å². The molecule has 3 N–H and O–H groups in total. The minimum absolute atomic E-state index is 0.0437. The van der Waals surface area contributed by atoms with Gasteiger partial charge in [0.2, 0.25) is 0 Å². The normalized spacial score (nSPS) is 10.2. The van der Waals surface area contributed by atoms with Gasteiger partial charge in [0.05, 0.1) is 19.3 Å². The van der Waals surface area contributed by atoms with Crippen LogP contribution in [0.3, 0.4) is 0 Å². The van der Waals surface area contributed by atoms with Crippen molar-refractivity contribution in [1.82, 2.24) is 15.8 Å². The highest BCUT2D eigenvalue weighted by atomic mass is 35.5. The predicted molar refractivity (Wildman–Crippen MR) is 115 cm³/mol. The van der Waals surface area contributed by atoms with E-state index in [1.165, 1.54) is 11.3 Å². The fourth-order valence-electron chi connectivity index (χ4n) is 2.36. The average molecular weight is 447 g/mol. The lowest BCUT2D eigenvalue weighted by molar-refractivity contribution is -0.120. The molecule has 156 valence electrons. The molecule has 2 amide bonds. The first-order chi connectivity index (χ1) is 14.5. The van der Waals surface area contributed by atoms with E-state index in [0.717, 1.165) is 0 Å². The van der Waals surface area contributed by atoms with Crippen molar-refractivity contribution >= 4 is 40.4 Å². The number of thiazole rings is 1. The Bertz CT molecular complexity index is 1010. The molecule has 0 spiro atoms. The number of carbonyl (C=O) groups excluding carboxylic acids is 2. The summed E-state index contributed by atoms with van der Waals surface area (Å²) in [4.78, 5) is 28.3. The Labute approximate surface area is 182 Å². The molecule has 0 saturated heterocycles.